The fourth-order valence-electron chi connectivity index (χ4n) is 3.79. The van der Waals surface area contributed by atoms with Crippen molar-refractivity contribution >= 4 is 41.3 Å². The Morgan fingerprint density at radius 2 is 2.03 bits per heavy atom. The minimum Gasteiger partial charge on any atom is -0.357 e. The largest absolute Gasteiger partial charge is 0.357 e. The highest BCUT2D eigenvalue weighted by molar-refractivity contribution is 14.0. The van der Waals surface area contributed by atoms with Gasteiger partial charge in [0.2, 0.25) is 0 Å². The first-order chi connectivity index (χ1) is 13.5. The van der Waals surface area contributed by atoms with Crippen LogP contribution in [0.4, 0.5) is 0 Å². The van der Waals surface area contributed by atoms with Gasteiger partial charge in [-0.3, -0.25) is 4.90 Å². The molecule has 0 saturated carbocycles. The zero-order valence-corrected chi connectivity index (χ0v) is 21.1. The lowest BCUT2D eigenvalue weighted by atomic mass is 9.97. The molecule has 2 N–H and O–H groups in total. The van der Waals surface area contributed by atoms with E-state index in [2.05, 4.69) is 78.5 Å². The van der Waals surface area contributed by atoms with Gasteiger partial charge in [0.25, 0.3) is 0 Å². The van der Waals surface area contributed by atoms with Crippen LogP contribution in [0.25, 0.3) is 0 Å². The monoisotopic (exact) mass is 527 g/mol. The average molecular weight is 528 g/mol. The van der Waals surface area contributed by atoms with Crippen LogP contribution in [0.1, 0.15) is 47.8 Å². The molecule has 0 spiro atoms. The molecule has 0 aliphatic carbocycles. The van der Waals surface area contributed by atoms with Gasteiger partial charge in [-0.05, 0) is 46.1 Å². The lowest BCUT2D eigenvalue weighted by Crippen LogP contribution is -2.51. The Morgan fingerprint density at radius 3 is 2.66 bits per heavy atom. The minimum atomic E-state index is 0. The molecular formula is C22H34IN5S. The number of hydrogen-bond acceptors (Lipinski definition) is 4. The van der Waals surface area contributed by atoms with Crippen LogP contribution < -0.4 is 10.6 Å². The fourth-order valence-corrected chi connectivity index (χ4v) is 4.65. The minimum absolute atomic E-state index is 0. The molecule has 1 aliphatic rings. The number of guanidine groups is 1. The topological polar surface area (TPSA) is 52.6 Å². The summed E-state index contributed by atoms with van der Waals surface area (Å²) in [4.78, 5) is 13.2. The van der Waals surface area contributed by atoms with Crippen LogP contribution in [0.3, 0.4) is 0 Å². The molecule has 0 bridgehead atoms. The quantitative estimate of drug-likeness (QED) is 0.331. The van der Waals surface area contributed by atoms with Gasteiger partial charge in [0.1, 0.15) is 0 Å². The van der Waals surface area contributed by atoms with Crippen LogP contribution in [-0.4, -0.2) is 41.0 Å². The van der Waals surface area contributed by atoms with Gasteiger partial charge in [-0.1, -0.05) is 30.3 Å². The molecule has 1 saturated heterocycles. The van der Waals surface area contributed by atoms with E-state index in [9.17, 15) is 0 Å². The zero-order chi connectivity index (χ0) is 19.9. The number of likely N-dealkylation sites (tertiary alicyclic amines) is 1. The SMILES string of the molecule is CCNC(=NCc1sc(C)nc1C)NC1CCN(Cc2ccccc2)C(C)C1.I. The molecule has 29 heavy (non-hydrogen) atoms. The summed E-state index contributed by atoms with van der Waals surface area (Å²) in [6, 6.07) is 11.8. The Labute approximate surface area is 196 Å². The Bertz CT molecular complexity index is 777. The molecule has 1 aliphatic heterocycles. The number of hydrogen-bond donors (Lipinski definition) is 2. The fraction of sp³-hybridized carbons (Fsp3) is 0.545. The second-order valence-corrected chi connectivity index (χ2v) is 8.90. The second kappa shape index (κ2) is 11.9. The Morgan fingerprint density at radius 1 is 1.28 bits per heavy atom. The van der Waals surface area contributed by atoms with Crippen LogP contribution in [0, 0.1) is 13.8 Å². The number of nitrogens with zero attached hydrogens (tertiary/aromatic N) is 3. The molecular weight excluding hydrogens is 493 g/mol. The van der Waals surface area contributed by atoms with Gasteiger partial charge in [-0.25, -0.2) is 9.98 Å². The molecule has 1 aromatic heterocycles. The highest BCUT2D eigenvalue weighted by Gasteiger charge is 2.26. The third-order valence-corrected chi connectivity index (χ3v) is 6.37. The Kier molecular flexibility index (Phi) is 9.85. The predicted molar refractivity (Wildman–Crippen MR) is 134 cm³/mol. The first-order valence-electron chi connectivity index (χ1n) is 10.3. The smallest absolute Gasteiger partial charge is 0.191 e. The number of rotatable bonds is 6. The predicted octanol–water partition coefficient (Wildman–Crippen LogP) is 4.49. The highest BCUT2D eigenvalue weighted by Crippen LogP contribution is 2.20. The number of aromatic nitrogens is 1. The van der Waals surface area contributed by atoms with E-state index in [0.717, 1.165) is 49.1 Å². The summed E-state index contributed by atoms with van der Waals surface area (Å²) in [7, 11) is 0. The van der Waals surface area contributed by atoms with E-state index in [1.165, 1.54) is 10.4 Å². The normalized spacial score (nSPS) is 20.2. The number of aryl methyl sites for hydroxylation is 2. The molecule has 2 heterocycles. The molecule has 3 rings (SSSR count). The molecule has 5 nitrogen and oxygen atoms in total. The van der Waals surface area contributed by atoms with Gasteiger partial charge in [0, 0.05) is 36.6 Å². The number of benzene rings is 1. The van der Waals surface area contributed by atoms with E-state index in [4.69, 9.17) is 4.99 Å². The van der Waals surface area contributed by atoms with Gasteiger partial charge in [-0.2, -0.15) is 0 Å². The molecule has 1 fully saturated rings. The first kappa shape index (κ1) is 24.1. The molecule has 160 valence electrons. The molecule has 0 radical (unpaired) electrons. The van der Waals surface area contributed by atoms with Gasteiger partial charge in [0.05, 0.1) is 17.2 Å². The zero-order valence-electron chi connectivity index (χ0n) is 17.9. The van der Waals surface area contributed by atoms with E-state index in [0.29, 0.717) is 18.6 Å². The Balaban J connectivity index is 0.00000300. The highest BCUT2D eigenvalue weighted by atomic mass is 127. The summed E-state index contributed by atoms with van der Waals surface area (Å²) >= 11 is 1.74. The molecule has 0 amide bonds. The number of halogens is 1. The maximum absolute atomic E-state index is 4.82. The summed E-state index contributed by atoms with van der Waals surface area (Å²) in [5.41, 5.74) is 2.50. The standard InChI is InChI=1S/C22H33N5S.HI/c1-5-23-22(24-14-21-17(3)25-18(4)28-21)26-20-11-12-27(16(2)13-20)15-19-9-7-6-8-10-19;/h6-10,16,20H,5,11-15H2,1-4H3,(H2,23,24,26);1H. The maximum Gasteiger partial charge on any atom is 0.191 e. The summed E-state index contributed by atoms with van der Waals surface area (Å²) in [5, 5.41) is 8.18. The van der Waals surface area contributed by atoms with E-state index in [1.54, 1.807) is 11.3 Å². The lowest BCUT2D eigenvalue weighted by molar-refractivity contribution is 0.134. The van der Waals surface area contributed by atoms with Gasteiger partial charge in [-0.15, -0.1) is 35.3 Å². The molecule has 2 aromatic rings. The van der Waals surface area contributed by atoms with Crippen LogP contribution >= 0.6 is 35.3 Å². The van der Waals surface area contributed by atoms with Crippen LogP contribution in [0.2, 0.25) is 0 Å². The molecule has 2 atom stereocenters. The summed E-state index contributed by atoms with van der Waals surface area (Å²) < 4.78 is 0. The van der Waals surface area contributed by atoms with E-state index in [1.807, 2.05) is 0 Å². The third kappa shape index (κ3) is 7.22. The van der Waals surface area contributed by atoms with Crippen molar-refractivity contribution in [3.05, 3.63) is 51.5 Å². The van der Waals surface area contributed by atoms with Crippen molar-refractivity contribution in [1.82, 2.24) is 20.5 Å². The van der Waals surface area contributed by atoms with Crippen molar-refractivity contribution in [2.24, 2.45) is 4.99 Å². The molecule has 2 unspecified atom stereocenters. The number of thiazole rings is 1. The number of nitrogens with one attached hydrogen (secondary N) is 2. The van der Waals surface area contributed by atoms with Crippen LogP contribution in [0.5, 0.6) is 0 Å². The van der Waals surface area contributed by atoms with Crippen LogP contribution in [0.15, 0.2) is 35.3 Å². The Hall–Kier alpha value is -1.19. The van der Waals surface area contributed by atoms with Crippen molar-refractivity contribution in [2.75, 3.05) is 13.1 Å². The summed E-state index contributed by atoms with van der Waals surface area (Å²) in [6.07, 6.45) is 2.27. The molecule has 7 heteroatoms. The average Bonchev–Trinajstić information content (AvgIpc) is 3.00. The summed E-state index contributed by atoms with van der Waals surface area (Å²) in [5.74, 6) is 0.918. The van der Waals surface area contributed by atoms with Crippen LogP contribution in [-0.2, 0) is 13.1 Å². The van der Waals surface area contributed by atoms with Crippen molar-refractivity contribution in [2.45, 2.75) is 65.7 Å². The van der Waals surface area contributed by atoms with Gasteiger partial charge < -0.3 is 10.6 Å². The van der Waals surface area contributed by atoms with E-state index >= 15 is 0 Å². The van der Waals surface area contributed by atoms with E-state index < -0.39 is 0 Å². The van der Waals surface area contributed by atoms with E-state index in [-0.39, 0.29) is 24.0 Å². The van der Waals surface area contributed by atoms with Crippen molar-refractivity contribution in [3.63, 3.8) is 0 Å². The summed E-state index contributed by atoms with van der Waals surface area (Å²) in [6.45, 7) is 12.3. The molecule has 1 aromatic carbocycles. The van der Waals surface area contributed by atoms with Gasteiger partial charge in [0.15, 0.2) is 5.96 Å². The lowest BCUT2D eigenvalue weighted by Gasteiger charge is -2.38. The third-order valence-electron chi connectivity index (χ3n) is 5.31. The van der Waals surface area contributed by atoms with Crippen molar-refractivity contribution in [1.29, 1.82) is 0 Å². The van der Waals surface area contributed by atoms with Gasteiger partial charge >= 0.3 is 0 Å². The maximum atomic E-state index is 4.82. The van der Waals surface area contributed by atoms with Crippen molar-refractivity contribution < 1.29 is 0 Å². The second-order valence-electron chi connectivity index (χ2n) is 7.61. The van der Waals surface area contributed by atoms with Crippen molar-refractivity contribution in [3.8, 4) is 0 Å². The number of aliphatic imine (C=N–C) groups is 1. The number of piperidine rings is 1. The first-order valence-corrected chi connectivity index (χ1v) is 11.1.